The fourth-order valence-corrected chi connectivity index (χ4v) is 4.38. The number of nitrogens with zero attached hydrogens (tertiary/aromatic N) is 2. The molecule has 3 nitrogen and oxygen atoms in total. The first-order valence-electron chi connectivity index (χ1n) is 9.27. The fraction of sp³-hybridized carbons (Fsp3) is 1.00. The van der Waals surface area contributed by atoms with Crippen LogP contribution in [0, 0.1) is 11.3 Å². The summed E-state index contributed by atoms with van der Waals surface area (Å²) in [7, 11) is 0. The maximum Gasteiger partial charge on any atom is 0.0255 e. The van der Waals surface area contributed by atoms with Crippen molar-refractivity contribution in [1.29, 1.82) is 0 Å². The Morgan fingerprint density at radius 2 is 1.76 bits per heavy atom. The zero-order valence-electron chi connectivity index (χ0n) is 14.4. The molecule has 122 valence electrons. The molecule has 1 saturated heterocycles. The third-order valence-corrected chi connectivity index (χ3v) is 5.91. The van der Waals surface area contributed by atoms with Gasteiger partial charge in [0.2, 0.25) is 0 Å². The van der Waals surface area contributed by atoms with Crippen LogP contribution in [0.15, 0.2) is 0 Å². The van der Waals surface area contributed by atoms with Crippen molar-refractivity contribution in [2.45, 2.75) is 65.0 Å². The average Bonchev–Trinajstić information content (AvgIpc) is 3.26. The maximum atomic E-state index is 3.77. The van der Waals surface area contributed by atoms with Crippen LogP contribution in [0.25, 0.3) is 0 Å². The lowest BCUT2D eigenvalue weighted by Gasteiger charge is -2.48. The van der Waals surface area contributed by atoms with Crippen LogP contribution in [0.3, 0.4) is 0 Å². The summed E-state index contributed by atoms with van der Waals surface area (Å²) < 4.78 is 0. The molecule has 2 saturated carbocycles. The molecule has 1 heterocycles. The predicted molar refractivity (Wildman–Crippen MR) is 89.6 cm³/mol. The van der Waals surface area contributed by atoms with E-state index in [1.54, 1.807) is 0 Å². The Morgan fingerprint density at radius 1 is 1.05 bits per heavy atom. The maximum absolute atomic E-state index is 3.77. The van der Waals surface area contributed by atoms with Crippen LogP contribution >= 0.6 is 0 Å². The molecule has 3 rings (SSSR count). The van der Waals surface area contributed by atoms with Crippen LogP contribution in [0.5, 0.6) is 0 Å². The van der Waals surface area contributed by atoms with E-state index in [1.807, 2.05) is 0 Å². The van der Waals surface area contributed by atoms with Crippen molar-refractivity contribution in [3.8, 4) is 0 Å². The van der Waals surface area contributed by atoms with E-state index >= 15 is 0 Å². The second-order valence-corrected chi connectivity index (χ2v) is 8.42. The molecule has 2 unspecified atom stereocenters. The van der Waals surface area contributed by atoms with Gasteiger partial charge in [-0.1, -0.05) is 20.8 Å². The van der Waals surface area contributed by atoms with Gasteiger partial charge < -0.3 is 10.2 Å². The lowest BCUT2D eigenvalue weighted by molar-refractivity contribution is 0.0283. The van der Waals surface area contributed by atoms with Gasteiger partial charge in [0.1, 0.15) is 0 Å². The van der Waals surface area contributed by atoms with Crippen LogP contribution in [-0.4, -0.2) is 61.2 Å². The molecular formula is C18H35N3. The third kappa shape index (κ3) is 4.20. The first kappa shape index (κ1) is 15.8. The van der Waals surface area contributed by atoms with Gasteiger partial charge in [-0.3, -0.25) is 4.90 Å². The number of hydrogen-bond acceptors (Lipinski definition) is 3. The molecule has 21 heavy (non-hydrogen) atoms. The average molecular weight is 293 g/mol. The highest BCUT2D eigenvalue weighted by Gasteiger charge is 2.38. The van der Waals surface area contributed by atoms with E-state index in [2.05, 4.69) is 35.9 Å². The molecule has 2 atom stereocenters. The summed E-state index contributed by atoms with van der Waals surface area (Å²) >= 11 is 0. The van der Waals surface area contributed by atoms with Crippen molar-refractivity contribution in [3.05, 3.63) is 0 Å². The van der Waals surface area contributed by atoms with E-state index in [-0.39, 0.29) is 0 Å². The SMILES string of the molecule is CCNC1CCC(C)(C)CC1N1CCN(CC2CC2)CC1. The van der Waals surface area contributed by atoms with Crippen molar-refractivity contribution in [2.75, 3.05) is 39.3 Å². The molecule has 2 aliphatic carbocycles. The number of piperazine rings is 1. The first-order valence-corrected chi connectivity index (χ1v) is 9.27. The number of likely N-dealkylation sites (N-methyl/N-ethyl adjacent to an activating group) is 1. The van der Waals surface area contributed by atoms with Gasteiger partial charge in [0.05, 0.1) is 0 Å². The molecule has 3 heteroatoms. The Hall–Kier alpha value is -0.120. The zero-order valence-corrected chi connectivity index (χ0v) is 14.4. The molecule has 0 aromatic rings. The van der Waals surface area contributed by atoms with Gasteiger partial charge in [-0.25, -0.2) is 0 Å². The number of nitrogens with one attached hydrogen (secondary N) is 1. The second-order valence-electron chi connectivity index (χ2n) is 8.42. The molecule has 0 aromatic carbocycles. The fourth-order valence-electron chi connectivity index (χ4n) is 4.38. The predicted octanol–water partition coefficient (Wildman–Crippen LogP) is 2.57. The van der Waals surface area contributed by atoms with E-state index in [4.69, 9.17) is 0 Å². The Kier molecular flexibility index (Phi) is 4.92. The molecule has 0 bridgehead atoms. The van der Waals surface area contributed by atoms with Crippen molar-refractivity contribution < 1.29 is 0 Å². The molecule has 3 aliphatic rings. The van der Waals surface area contributed by atoms with Crippen LogP contribution in [0.2, 0.25) is 0 Å². The lowest BCUT2D eigenvalue weighted by Crippen LogP contribution is -2.59. The molecular weight excluding hydrogens is 258 g/mol. The van der Waals surface area contributed by atoms with Crippen LogP contribution in [0.1, 0.15) is 52.9 Å². The minimum Gasteiger partial charge on any atom is -0.313 e. The van der Waals surface area contributed by atoms with Gasteiger partial charge in [-0.2, -0.15) is 0 Å². The van der Waals surface area contributed by atoms with Crippen molar-refractivity contribution >= 4 is 0 Å². The van der Waals surface area contributed by atoms with Crippen LogP contribution < -0.4 is 5.32 Å². The summed E-state index contributed by atoms with van der Waals surface area (Å²) in [5, 5.41) is 3.77. The van der Waals surface area contributed by atoms with E-state index in [0.717, 1.165) is 24.5 Å². The summed E-state index contributed by atoms with van der Waals surface area (Å²) in [5.41, 5.74) is 0.529. The van der Waals surface area contributed by atoms with Crippen LogP contribution in [-0.2, 0) is 0 Å². The topological polar surface area (TPSA) is 18.5 Å². The van der Waals surface area contributed by atoms with E-state index in [1.165, 1.54) is 64.8 Å². The summed E-state index contributed by atoms with van der Waals surface area (Å²) in [4.78, 5) is 5.52. The van der Waals surface area contributed by atoms with Gasteiger partial charge in [0.25, 0.3) is 0 Å². The summed E-state index contributed by atoms with van der Waals surface area (Å²) in [6, 6.07) is 1.48. The van der Waals surface area contributed by atoms with Gasteiger partial charge in [-0.15, -0.1) is 0 Å². The molecule has 0 radical (unpaired) electrons. The molecule has 3 fully saturated rings. The second kappa shape index (κ2) is 6.55. The Labute approximate surface area is 131 Å². The molecule has 0 amide bonds. The smallest absolute Gasteiger partial charge is 0.0255 e. The molecule has 1 N–H and O–H groups in total. The number of hydrogen-bond donors (Lipinski definition) is 1. The van der Waals surface area contributed by atoms with Crippen molar-refractivity contribution in [1.82, 2.24) is 15.1 Å². The zero-order chi connectivity index (χ0) is 14.9. The largest absolute Gasteiger partial charge is 0.313 e. The van der Waals surface area contributed by atoms with E-state index in [0.29, 0.717) is 5.41 Å². The molecule has 1 aliphatic heterocycles. The quantitative estimate of drug-likeness (QED) is 0.840. The van der Waals surface area contributed by atoms with Gasteiger partial charge >= 0.3 is 0 Å². The minimum absolute atomic E-state index is 0.529. The molecule has 0 aromatic heterocycles. The Bertz CT molecular complexity index is 329. The first-order chi connectivity index (χ1) is 10.1. The summed E-state index contributed by atoms with van der Waals surface area (Å²) in [6.07, 6.45) is 7.07. The Balaban J connectivity index is 1.55. The van der Waals surface area contributed by atoms with E-state index in [9.17, 15) is 0 Å². The Morgan fingerprint density at radius 3 is 2.38 bits per heavy atom. The standard InChI is InChI=1S/C18H35N3/c1-4-19-16-7-8-18(2,3)13-17(16)21-11-9-20(10-12-21)14-15-5-6-15/h15-17,19H,4-14H2,1-3H3. The van der Waals surface area contributed by atoms with Crippen LogP contribution in [0.4, 0.5) is 0 Å². The number of rotatable bonds is 5. The highest BCUT2D eigenvalue weighted by molar-refractivity contribution is 4.96. The van der Waals surface area contributed by atoms with E-state index < -0.39 is 0 Å². The normalized spacial score (nSPS) is 35.0. The van der Waals surface area contributed by atoms with Gasteiger partial charge in [0.15, 0.2) is 0 Å². The highest BCUT2D eigenvalue weighted by atomic mass is 15.3. The molecule has 0 spiro atoms. The van der Waals surface area contributed by atoms with Gasteiger partial charge in [0, 0.05) is 44.8 Å². The lowest BCUT2D eigenvalue weighted by atomic mass is 9.72. The monoisotopic (exact) mass is 293 g/mol. The van der Waals surface area contributed by atoms with Crippen molar-refractivity contribution in [2.24, 2.45) is 11.3 Å². The van der Waals surface area contributed by atoms with Gasteiger partial charge in [-0.05, 0) is 50.0 Å². The summed E-state index contributed by atoms with van der Waals surface area (Å²) in [5.74, 6) is 1.04. The third-order valence-electron chi connectivity index (χ3n) is 5.91. The minimum atomic E-state index is 0.529. The van der Waals surface area contributed by atoms with Crippen molar-refractivity contribution in [3.63, 3.8) is 0 Å². The summed E-state index contributed by atoms with van der Waals surface area (Å²) in [6.45, 7) is 14.8. The highest BCUT2D eigenvalue weighted by Crippen LogP contribution is 2.38.